The quantitative estimate of drug-likeness (QED) is 0.847. The summed E-state index contributed by atoms with van der Waals surface area (Å²) < 4.78 is 5.68. The minimum atomic E-state index is -0.534. The molecule has 1 aliphatic heterocycles. The number of esters is 1. The number of rotatable bonds is 2. The van der Waals surface area contributed by atoms with E-state index in [1.54, 1.807) is 0 Å². The molecule has 24 heavy (non-hydrogen) atoms. The summed E-state index contributed by atoms with van der Waals surface area (Å²) in [5.41, 5.74) is 2.04. The van der Waals surface area contributed by atoms with Crippen molar-refractivity contribution in [3.63, 3.8) is 0 Å². The van der Waals surface area contributed by atoms with Gasteiger partial charge in [0.2, 0.25) is 5.91 Å². The van der Waals surface area contributed by atoms with Gasteiger partial charge < -0.3 is 10.1 Å². The second-order valence-electron chi connectivity index (χ2n) is 7.51. The summed E-state index contributed by atoms with van der Waals surface area (Å²) >= 11 is 0. The molecule has 2 aliphatic carbocycles. The van der Waals surface area contributed by atoms with Crippen molar-refractivity contribution in [1.29, 1.82) is 0 Å². The van der Waals surface area contributed by atoms with E-state index in [2.05, 4.69) is 23.5 Å². The molecule has 0 radical (unpaired) electrons. The van der Waals surface area contributed by atoms with Crippen molar-refractivity contribution in [2.24, 2.45) is 5.92 Å². The molecule has 0 unspecified atom stereocenters. The fraction of sp³-hybridized carbons (Fsp3) is 0.600. The van der Waals surface area contributed by atoms with Gasteiger partial charge in [0.05, 0.1) is 18.4 Å². The molecule has 0 aromatic heterocycles. The molecule has 1 N–H and O–H groups in total. The van der Waals surface area contributed by atoms with E-state index in [0.717, 1.165) is 44.9 Å². The van der Waals surface area contributed by atoms with Crippen LogP contribution in [-0.2, 0) is 20.7 Å². The first-order chi connectivity index (χ1) is 11.7. The van der Waals surface area contributed by atoms with Crippen LogP contribution in [0.4, 0.5) is 0 Å². The number of aryl methyl sites for hydroxylation is 1. The lowest BCUT2D eigenvalue weighted by Gasteiger charge is -2.37. The normalized spacial score (nSPS) is 28.2. The number of ether oxygens (including phenoxy) is 1. The molecule has 128 valence electrons. The van der Waals surface area contributed by atoms with E-state index >= 15 is 0 Å². The number of fused-ring (bicyclic) bond motifs is 1. The number of benzene rings is 1. The molecule has 1 spiro atoms. The maximum Gasteiger partial charge on any atom is 0.307 e. The Kier molecular flexibility index (Phi) is 4.07. The first-order valence-corrected chi connectivity index (χ1v) is 9.28. The SMILES string of the molecule is O=C1C[C@@H](C(=O)N[C@@H]2CCCc3ccccc32)C2(CCCCC2)O1. The van der Waals surface area contributed by atoms with Crippen molar-refractivity contribution in [2.45, 2.75) is 69.4 Å². The van der Waals surface area contributed by atoms with Crippen LogP contribution in [0.2, 0.25) is 0 Å². The first kappa shape index (κ1) is 15.7. The van der Waals surface area contributed by atoms with Gasteiger partial charge in [-0.15, -0.1) is 0 Å². The Hall–Kier alpha value is -1.84. The summed E-state index contributed by atoms with van der Waals surface area (Å²) in [5, 5.41) is 3.24. The second kappa shape index (κ2) is 6.23. The zero-order valence-electron chi connectivity index (χ0n) is 14.1. The Morgan fingerprint density at radius 2 is 1.92 bits per heavy atom. The lowest BCUT2D eigenvalue weighted by Crippen LogP contribution is -2.46. The highest BCUT2D eigenvalue weighted by Gasteiger charge is 2.53. The summed E-state index contributed by atoms with van der Waals surface area (Å²) in [6, 6.07) is 8.43. The average molecular weight is 327 g/mol. The number of carbonyl (C=O) groups is 2. The maximum absolute atomic E-state index is 13.0. The fourth-order valence-electron chi connectivity index (χ4n) is 4.80. The minimum absolute atomic E-state index is 0.00412. The molecular formula is C20H25NO3. The van der Waals surface area contributed by atoms with Crippen LogP contribution in [-0.4, -0.2) is 17.5 Å². The van der Waals surface area contributed by atoms with Gasteiger partial charge in [0, 0.05) is 0 Å². The van der Waals surface area contributed by atoms with E-state index in [1.165, 1.54) is 17.5 Å². The van der Waals surface area contributed by atoms with E-state index in [1.807, 2.05) is 6.07 Å². The van der Waals surface area contributed by atoms with Crippen molar-refractivity contribution in [1.82, 2.24) is 5.32 Å². The van der Waals surface area contributed by atoms with Gasteiger partial charge in [-0.1, -0.05) is 30.7 Å². The predicted octanol–water partition coefficient (Wildman–Crippen LogP) is 3.45. The Balaban J connectivity index is 1.53. The van der Waals surface area contributed by atoms with Crippen LogP contribution < -0.4 is 5.32 Å². The molecule has 1 aromatic carbocycles. The van der Waals surface area contributed by atoms with Gasteiger partial charge in [-0.05, 0) is 56.1 Å². The maximum atomic E-state index is 13.0. The number of hydrogen-bond donors (Lipinski definition) is 1. The molecular weight excluding hydrogens is 302 g/mol. The van der Waals surface area contributed by atoms with Crippen LogP contribution >= 0.6 is 0 Å². The van der Waals surface area contributed by atoms with E-state index in [0.29, 0.717) is 0 Å². The van der Waals surface area contributed by atoms with Crippen LogP contribution in [0, 0.1) is 5.92 Å². The summed E-state index contributed by atoms with van der Waals surface area (Å²) in [7, 11) is 0. The van der Waals surface area contributed by atoms with Gasteiger partial charge in [-0.3, -0.25) is 9.59 Å². The van der Waals surface area contributed by atoms with E-state index in [9.17, 15) is 9.59 Å². The first-order valence-electron chi connectivity index (χ1n) is 9.28. The van der Waals surface area contributed by atoms with Gasteiger partial charge in [-0.25, -0.2) is 0 Å². The van der Waals surface area contributed by atoms with Crippen molar-refractivity contribution in [3.8, 4) is 0 Å². The number of hydrogen-bond acceptors (Lipinski definition) is 3. The third-order valence-corrected chi connectivity index (χ3v) is 6.03. The standard InChI is InChI=1S/C20H25NO3/c22-18-13-16(20(24-18)11-4-1-5-12-20)19(23)21-17-10-6-8-14-7-2-3-9-15(14)17/h2-3,7,9,16-17H,1,4-6,8,10-13H2,(H,21,23)/t16-,17+/m0/s1. The summed E-state index contributed by atoms with van der Waals surface area (Å²) in [6.45, 7) is 0. The van der Waals surface area contributed by atoms with Crippen molar-refractivity contribution < 1.29 is 14.3 Å². The van der Waals surface area contributed by atoms with Crippen LogP contribution in [0.5, 0.6) is 0 Å². The second-order valence-corrected chi connectivity index (χ2v) is 7.51. The molecule has 3 aliphatic rings. The predicted molar refractivity (Wildman–Crippen MR) is 90.3 cm³/mol. The van der Waals surface area contributed by atoms with Crippen LogP contribution in [0.3, 0.4) is 0 Å². The van der Waals surface area contributed by atoms with Crippen LogP contribution in [0.25, 0.3) is 0 Å². The van der Waals surface area contributed by atoms with Gasteiger partial charge >= 0.3 is 5.97 Å². The van der Waals surface area contributed by atoms with Crippen LogP contribution in [0.1, 0.15) is 68.5 Å². The number of nitrogens with one attached hydrogen (secondary N) is 1. The van der Waals surface area contributed by atoms with Crippen molar-refractivity contribution in [3.05, 3.63) is 35.4 Å². The Morgan fingerprint density at radius 3 is 2.75 bits per heavy atom. The van der Waals surface area contributed by atoms with E-state index < -0.39 is 5.60 Å². The molecule has 4 nitrogen and oxygen atoms in total. The molecule has 1 saturated carbocycles. The monoisotopic (exact) mass is 327 g/mol. The smallest absolute Gasteiger partial charge is 0.307 e. The molecule has 2 fully saturated rings. The summed E-state index contributed by atoms with van der Waals surface area (Å²) in [6.07, 6.45) is 8.30. The molecule has 4 rings (SSSR count). The van der Waals surface area contributed by atoms with Crippen molar-refractivity contribution >= 4 is 11.9 Å². The third kappa shape index (κ3) is 2.72. The Morgan fingerprint density at radius 1 is 1.12 bits per heavy atom. The summed E-state index contributed by atoms with van der Waals surface area (Å²) in [4.78, 5) is 24.9. The van der Waals surface area contributed by atoms with Gasteiger partial charge in [0.1, 0.15) is 5.60 Å². The van der Waals surface area contributed by atoms with Gasteiger partial charge in [-0.2, -0.15) is 0 Å². The van der Waals surface area contributed by atoms with Gasteiger partial charge in [0.25, 0.3) is 0 Å². The minimum Gasteiger partial charge on any atom is -0.458 e. The molecule has 2 atom stereocenters. The third-order valence-electron chi connectivity index (χ3n) is 6.03. The average Bonchev–Trinajstić information content (AvgIpc) is 2.91. The van der Waals surface area contributed by atoms with Gasteiger partial charge in [0.15, 0.2) is 0 Å². The highest BCUT2D eigenvalue weighted by Crippen LogP contribution is 2.44. The zero-order valence-corrected chi connectivity index (χ0v) is 14.1. The molecule has 1 amide bonds. The van der Waals surface area contributed by atoms with E-state index in [-0.39, 0.29) is 30.3 Å². The highest BCUT2D eigenvalue weighted by atomic mass is 16.6. The van der Waals surface area contributed by atoms with Crippen molar-refractivity contribution in [2.75, 3.05) is 0 Å². The fourth-order valence-corrected chi connectivity index (χ4v) is 4.80. The number of carbonyl (C=O) groups excluding carboxylic acids is 2. The Labute approximate surface area is 143 Å². The molecule has 4 heteroatoms. The lowest BCUT2D eigenvalue weighted by atomic mass is 9.75. The number of amides is 1. The highest BCUT2D eigenvalue weighted by molar-refractivity contribution is 5.88. The summed E-state index contributed by atoms with van der Waals surface area (Å²) in [5.74, 6) is -0.523. The molecule has 0 bridgehead atoms. The van der Waals surface area contributed by atoms with E-state index in [4.69, 9.17) is 4.74 Å². The molecule has 1 saturated heterocycles. The lowest BCUT2D eigenvalue weighted by molar-refractivity contribution is -0.153. The molecule has 1 aromatic rings. The largest absolute Gasteiger partial charge is 0.458 e. The zero-order chi connectivity index (χ0) is 16.6. The topological polar surface area (TPSA) is 55.4 Å². The Bertz CT molecular complexity index is 648. The molecule has 1 heterocycles. The van der Waals surface area contributed by atoms with Crippen LogP contribution in [0.15, 0.2) is 24.3 Å².